The van der Waals surface area contributed by atoms with Gasteiger partial charge in [0, 0.05) is 11.3 Å². The second kappa shape index (κ2) is 5.78. The molecule has 5 nitrogen and oxygen atoms in total. The molecular weight excluding hydrogens is 292 g/mol. The van der Waals surface area contributed by atoms with Crippen molar-refractivity contribution in [3.8, 4) is 17.2 Å². The lowest BCUT2D eigenvalue weighted by Gasteiger charge is -2.11. The number of pyridine rings is 1. The van der Waals surface area contributed by atoms with Crippen molar-refractivity contribution in [1.29, 1.82) is 5.26 Å². The first-order valence-corrected chi connectivity index (χ1v) is 6.94. The van der Waals surface area contributed by atoms with E-state index < -0.39 is 11.5 Å². The number of nitriles is 1. The standard InChI is InChI=1S/C18H12N2O3/c1-12-10-14(13-6-3-2-4-7-13)15(11-19)17(21)20(12)18(22)16-8-5-9-23-16/h2-10H,1H3. The molecule has 0 saturated carbocycles. The van der Waals surface area contributed by atoms with E-state index in [9.17, 15) is 14.9 Å². The molecule has 0 radical (unpaired) electrons. The van der Waals surface area contributed by atoms with Crippen LogP contribution >= 0.6 is 0 Å². The predicted octanol–water partition coefficient (Wildman–Crippen LogP) is 2.98. The van der Waals surface area contributed by atoms with Crippen molar-refractivity contribution in [1.82, 2.24) is 4.57 Å². The average Bonchev–Trinajstić information content (AvgIpc) is 3.09. The third-order valence-electron chi connectivity index (χ3n) is 3.52. The number of carbonyl (C=O) groups is 1. The fourth-order valence-electron chi connectivity index (χ4n) is 2.45. The normalized spacial score (nSPS) is 10.3. The molecule has 0 aliphatic carbocycles. The largest absolute Gasteiger partial charge is 0.459 e. The minimum absolute atomic E-state index is 0.0477. The molecule has 0 spiro atoms. The molecule has 0 saturated heterocycles. The Hall–Kier alpha value is -3.39. The van der Waals surface area contributed by atoms with E-state index in [0.29, 0.717) is 11.3 Å². The minimum atomic E-state index is -0.646. The number of hydrogen-bond acceptors (Lipinski definition) is 4. The first-order chi connectivity index (χ1) is 11.1. The average molecular weight is 304 g/mol. The second-order valence-corrected chi connectivity index (χ2v) is 4.98. The number of aryl methyl sites for hydroxylation is 1. The van der Waals surface area contributed by atoms with Gasteiger partial charge in [0.1, 0.15) is 11.6 Å². The van der Waals surface area contributed by atoms with Crippen LogP contribution in [0.3, 0.4) is 0 Å². The van der Waals surface area contributed by atoms with Crippen LogP contribution in [0, 0.1) is 18.3 Å². The number of aromatic nitrogens is 1. The Morgan fingerprint density at radius 1 is 1.17 bits per heavy atom. The molecule has 2 aromatic heterocycles. The van der Waals surface area contributed by atoms with Crippen LogP contribution in [0.5, 0.6) is 0 Å². The Balaban J connectivity index is 2.25. The van der Waals surface area contributed by atoms with E-state index in [1.54, 1.807) is 19.1 Å². The minimum Gasteiger partial charge on any atom is -0.459 e. The van der Waals surface area contributed by atoms with Gasteiger partial charge in [-0.25, -0.2) is 4.57 Å². The zero-order valence-electron chi connectivity index (χ0n) is 12.3. The Morgan fingerprint density at radius 2 is 1.91 bits per heavy atom. The molecule has 2 heterocycles. The highest BCUT2D eigenvalue weighted by Gasteiger charge is 2.20. The predicted molar refractivity (Wildman–Crippen MR) is 84.0 cm³/mol. The third-order valence-corrected chi connectivity index (χ3v) is 3.52. The van der Waals surface area contributed by atoms with Crippen LogP contribution in [-0.4, -0.2) is 10.5 Å². The van der Waals surface area contributed by atoms with Gasteiger partial charge in [-0.2, -0.15) is 5.26 Å². The van der Waals surface area contributed by atoms with Crippen molar-refractivity contribution in [2.24, 2.45) is 0 Å². The topological polar surface area (TPSA) is 76.0 Å². The molecule has 23 heavy (non-hydrogen) atoms. The second-order valence-electron chi connectivity index (χ2n) is 4.98. The highest BCUT2D eigenvalue weighted by Crippen LogP contribution is 2.22. The lowest BCUT2D eigenvalue weighted by atomic mass is 10.0. The zero-order chi connectivity index (χ0) is 16.4. The Labute approximate surface area is 132 Å². The SMILES string of the molecule is Cc1cc(-c2ccccc2)c(C#N)c(=O)n1C(=O)c1ccco1. The molecule has 0 atom stereocenters. The molecule has 0 unspecified atom stereocenters. The van der Waals surface area contributed by atoms with Gasteiger partial charge in [-0.15, -0.1) is 0 Å². The summed E-state index contributed by atoms with van der Waals surface area (Å²) < 4.78 is 6.02. The Kier molecular flexibility index (Phi) is 3.65. The number of furan rings is 1. The smallest absolute Gasteiger partial charge is 0.300 e. The third kappa shape index (κ3) is 2.47. The number of carbonyl (C=O) groups excluding carboxylic acids is 1. The zero-order valence-corrected chi connectivity index (χ0v) is 12.3. The highest BCUT2D eigenvalue weighted by molar-refractivity contribution is 5.94. The van der Waals surface area contributed by atoms with Gasteiger partial charge >= 0.3 is 5.91 Å². The molecule has 0 amide bonds. The molecule has 0 aliphatic heterocycles. The van der Waals surface area contributed by atoms with E-state index in [2.05, 4.69) is 0 Å². The van der Waals surface area contributed by atoms with Crippen LogP contribution in [0.25, 0.3) is 11.1 Å². The van der Waals surface area contributed by atoms with Crippen molar-refractivity contribution in [2.75, 3.05) is 0 Å². The molecule has 0 N–H and O–H groups in total. The maximum Gasteiger partial charge on any atom is 0.300 e. The Bertz CT molecular complexity index is 962. The molecule has 0 fully saturated rings. The van der Waals surface area contributed by atoms with Crippen LogP contribution < -0.4 is 5.56 Å². The van der Waals surface area contributed by atoms with Crippen molar-refractivity contribution < 1.29 is 9.21 Å². The molecule has 3 aromatic rings. The van der Waals surface area contributed by atoms with Crippen LogP contribution in [0.2, 0.25) is 0 Å². The molecular formula is C18H12N2O3. The molecule has 112 valence electrons. The lowest BCUT2D eigenvalue weighted by molar-refractivity contribution is 0.0926. The van der Waals surface area contributed by atoms with Crippen LogP contribution in [-0.2, 0) is 0 Å². The number of benzene rings is 1. The summed E-state index contributed by atoms with van der Waals surface area (Å²) in [7, 11) is 0. The summed E-state index contributed by atoms with van der Waals surface area (Å²) in [6.07, 6.45) is 1.36. The fraction of sp³-hybridized carbons (Fsp3) is 0.0556. The summed E-state index contributed by atoms with van der Waals surface area (Å²) in [6.45, 7) is 1.65. The number of hydrogen-bond donors (Lipinski definition) is 0. The van der Waals surface area contributed by atoms with E-state index in [0.717, 1.165) is 10.1 Å². The summed E-state index contributed by atoms with van der Waals surface area (Å²) in [5.74, 6) is -0.542. The van der Waals surface area contributed by atoms with Gasteiger partial charge in [0.05, 0.1) is 6.26 Å². The van der Waals surface area contributed by atoms with Crippen LogP contribution in [0.4, 0.5) is 0 Å². The van der Waals surface area contributed by atoms with E-state index >= 15 is 0 Å². The lowest BCUT2D eigenvalue weighted by Crippen LogP contribution is -2.31. The van der Waals surface area contributed by atoms with Crippen molar-refractivity contribution in [2.45, 2.75) is 6.92 Å². The molecule has 5 heteroatoms. The summed E-state index contributed by atoms with van der Waals surface area (Å²) >= 11 is 0. The maximum absolute atomic E-state index is 12.6. The van der Waals surface area contributed by atoms with Crippen molar-refractivity contribution in [3.63, 3.8) is 0 Å². The molecule has 0 bridgehead atoms. The fourth-order valence-corrected chi connectivity index (χ4v) is 2.45. The van der Waals surface area contributed by atoms with Crippen molar-refractivity contribution >= 4 is 5.91 Å². The van der Waals surface area contributed by atoms with Gasteiger partial charge in [0.2, 0.25) is 0 Å². The van der Waals surface area contributed by atoms with Gasteiger partial charge in [0.15, 0.2) is 5.76 Å². The quantitative estimate of drug-likeness (QED) is 0.729. The molecule has 3 rings (SSSR count). The first kappa shape index (κ1) is 14.5. The number of rotatable bonds is 2. The van der Waals surface area contributed by atoms with Gasteiger partial charge in [-0.3, -0.25) is 9.59 Å². The van der Waals surface area contributed by atoms with Crippen LogP contribution in [0.15, 0.2) is 64.0 Å². The number of nitrogens with zero attached hydrogens (tertiary/aromatic N) is 2. The summed E-state index contributed by atoms with van der Waals surface area (Å²) in [4.78, 5) is 25.1. The van der Waals surface area contributed by atoms with Gasteiger partial charge in [0.25, 0.3) is 5.56 Å². The maximum atomic E-state index is 12.6. The van der Waals surface area contributed by atoms with Gasteiger partial charge in [-0.05, 0) is 30.7 Å². The van der Waals surface area contributed by atoms with Gasteiger partial charge in [-0.1, -0.05) is 30.3 Å². The highest BCUT2D eigenvalue weighted by atomic mass is 16.3. The van der Waals surface area contributed by atoms with E-state index in [4.69, 9.17) is 4.42 Å². The van der Waals surface area contributed by atoms with E-state index in [1.165, 1.54) is 12.3 Å². The van der Waals surface area contributed by atoms with E-state index in [1.807, 2.05) is 36.4 Å². The summed E-state index contributed by atoms with van der Waals surface area (Å²) in [6, 6.07) is 15.7. The molecule has 1 aromatic carbocycles. The molecule has 0 aliphatic rings. The van der Waals surface area contributed by atoms with E-state index in [-0.39, 0.29) is 11.3 Å². The van der Waals surface area contributed by atoms with Crippen LogP contribution in [0.1, 0.15) is 21.8 Å². The van der Waals surface area contributed by atoms with Crippen molar-refractivity contribution in [3.05, 3.63) is 82.2 Å². The monoisotopic (exact) mass is 304 g/mol. The summed E-state index contributed by atoms with van der Waals surface area (Å²) in [5, 5.41) is 9.39. The summed E-state index contributed by atoms with van der Waals surface area (Å²) in [5.41, 5.74) is 0.990. The van der Waals surface area contributed by atoms with Gasteiger partial charge < -0.3 is 4.42 Å². The Morgan fingerprint density at radius 3 is 2.52 bits per heavy atom. The first-order valence-electron chi connectivity index (χ1n) is 6.94.